The third-order valence-electron chi connectivity index (χ3n) is 11.7. The lowest BCUT2D eigenvalue weighted by atomic mass is 9.74. The van der Waals surface area contributed by atoms with Crippen LogP contribution in [0.1, 0.15) is 60.4 Å². The highest BCUT2D eigenvalue weighted by molar-refractivity contribution is 5.97. The smallest absolute Gasteiger partial charge is 0.306 e. The molecule has 6 rings (SSSR count). The molecule has 0 unspecified atom stereocenters. The van der Waals surface area contributed by atoms with Crippen molar-refractivity contribution in [2.24, 2.45) is 11.1 Å². The number of carbonyl (C=O) groups excluding carboxylic acids is 7. The van der Waals surface area contributed by atoms with Gasteiger partial charge in [-0.25, -0.2) is 0 Å². The topological polar surface area (TPSA) is 206 Å². The summed E-state index contributed by atoms with van der Waals surface area (Å²) in [5.74, 6) is -3.34. The molecule has 2 aliphatic heterocycles. The minimum absolute atomic E-state index is 0.00202. The molecule has 14 nitrogen and oxygen atoms in total. The Labute approximate surface area is 373 Å². The molecule has 1 fully saturated rings. The number of benzene rings is 4. The number of ether oxygens (including phenoxy) is 1. The van der Waals surface area contributed by atoms with Crippen molar-refractivity contribution in [2.75, 3.05) is 26.2 Å². The van der Waals surface area contributed by atoms with E-state index >= 15 is 0 Å². The van der Waals surface area contributed by atoms with Crippen molar-refractivity contribution in [3.05, 3.63) is 143 Å². The molecular formula is C50H56N6O8. The van der Waals surface area contributed by atoms with Crippen LogP contribution in [0, 0.1) is 5.41 Å². The summed E-state index contributed by atoms with van der Waals surface area (Å²) in [5.41, 5.74) is 10.4. The maximum Gasteiger partial charge on any atom is 0.306 e. The molecule has 1 saturated heterocycles. The van der Waals surface area contributed by atoms with Gasteiger partial charge in [-0.1, -0.05) is 103 Å². The first-order valence-corrected chi connectivity index (χ1v) is 21.8. The van der Waals surface area contributed by atoms with Crippen molar-refractivity contribution in [1.29, 1.82) is 0 Å². The molecule has 334 valence electrons. The molecule has 4 aromatic carbocycles. The number of nitrogens with one attached hydrogen (secondary N) is 4. The van der Waals surface area contributed by atoms with Crippen LogP contribution in [-0.4, -0.2) is 84.6 Å². The van der Waals surface area contributed by atoms with Gasteiger partial charge in [0.1, 0.15) is 12.1 Å². The Hall–Kier alpha value is -7.09. The molecule has 0 aromatic heterocycles. The summed E-state index contributed by atoms with van der Waals surface area (Å²) < 4.78 is 5.05. The van der Waals surface area contributed by atoms with Gasteiger partial charge in [0, 0.05) is 51.2 Å². The Bertz CT molecular complexity index is 2330. The van der Waals surface area contributed by atoms with Crippen molar-refractivity contribution in [1.82, 2.24) is 26.2 Å². The van der Waals surface area contributed by atoms with E-state index in [4.69, 9.17) is 10.5 Å². The van der Waals surface area contributed by atoms with Gasteiger partial charge in [-0.05, 0) is 78.0 Å². The molecule has 0 saturated carbocycles. The number of nitrogens with two attached hydrogens (primary N) is 1. The van der Waals surface area contributed by atoms with E-state index in [1.54, 1.807) is 36.1 Å². The van der Waals surface area contributed by atoms with Crippen LogP contribution < -0.4 is 27.0 Å². The van der Waals surface area contributed by atoms with E-state index in [2.05, 4.69) is 21.3 Å². The summed E-state index contributed by atoms with van der Waals surface area (Å²) >= 11 is 0. The van der Waals surface area contributed by atoms with E-state index in [0.29, 0.717) is 56.4 Å². The van der Waals surface area contributed by atoms with Gasteiger partial charge in [0.2, 0.25) is 35.4 Å². The average Bonchev–Trinajstić information content (AvgIpc) is 3.29. The number of fused-ring (bicyclic) bond motifs is 3. The van der Waals surface area contributed by atoms with Crippen molar-refractivity contribution >= 4 is 41.4 Å². The number of hydrogen-bond acceptors (Lipinski definition) is 8. The monoisotopic (exact) mass is 868 g/mol. The Morgan fingerprint density at radius 2 is 1.45 bits per heavy atom. The van der Waals surface area contributed by atoms with Crippen LogP contribution in [0.3, 0.4) is 0 Å². The van der Waals surface area contributed by atoms with Crippen molar-refractivity contribution in [2.45, 2.75) is 76.9 Å². The second-order valence-corrected chi connectivity index (χ2v) is 16.3. The van der Waals surface area contributed by atoms with Crippen LogP contribution in [-0.2, 0) is 70.5 Å². The number of esters is 1. The third kappa shape index (κ3) is 13.0. The Kier molecular flexibility index (Phi) is 16.2. The zero-order chi connectivity index (χ0) is 45.5. The minimum Gasteiger partial charge on any atom is -0.466 e. The molecular weight excluding hydrogens is 813 g/mol. The van der Waals surface area contributed by atoms with E-state index in [-0.39, 0.29) is 50.8 Å². The van der Waals surface area contributed by atoms with Gasteiger partial charge >= 0.3 is 5.97 Å². The first-order chi connectivity index (χ1) is 30.9. The normalized spacial score (nSPS) is 20.8. The maximum absolute atomic E-state index is 14.9. The summed E-state index contributed by atoms with van der Waals surface area (Å²) in [6.07, 6.45) is 4.44. The van der Waals surface area contributed by atoms with Crippen LogP contribution >= 0.6 is 0 Å². The molecule has 0 aliphatic carbocycles. The number of carbonyl (C=O) groups is 7. The molecule has 6 amide bonds. The summed E-state index contributed by atoms with van der Waals surface area (Å²) in [6, 6.07) is 30.2. The lowest BCUT2D eigenvalue weighted by molar-refractivity contribution is -0.143. The van der Waals surface area contributed by atoms with Crippen molar-refractivity contribution in [3.63, 3.8) is 0 Å². The second-order valence-electron chi connectivity index (χ2n) is 16.3. The molecule has 2 bridgehead atoms. The second kappa shape index (κ2) is 22.3. The van der Waals surface area contributed by atoms with Gasteiger partial charge in [-0.3, -0.25) is 33.6 Å². The molecule has 2 heterocycles. The summed E-state index contributed by atoms with van der Waals surface area (Å²) in [6.45, 7) is 2.58. The number of piperidine rings is 1. The quantitative estimate of drug-likeness (QED) is 0.149. The number of hydrogen-bond donors (Lipinski definition) is 5. The highest BCUT2D eigenvalue weighted by Gasteiger charge is 2.44. The summed E-state index contributed by atoms with van der Waals surface area (Å²) in [7, 11) is 0. The van der Waals surface area contributed by atoms with E-state index in [1.807, 2.05) is 78.9 Å². The number of nitrogens with zero attached hydrogens (tertiary/aromatic N) is 1. The lowest BCUT2D eigenvalue weighted by Gasteiger charge is -2.42. The number of rotatable bonds is 10. The fourth-order valence-electron chi connectivity index (χ4n) is 8.21. The molecule has 64 heavy (non-hydrogen) atoms. The van der Waals surface area contributed by atoms with Crippen molar-refractivity contribution < 1.29 is 38.3 Å². The third-order valence-corrected chi connectivity index (χ3v) is 11.7. The highest BCUT2D eigenvalue weighted by Crippen LogP contribution is 2.35. The van der Waals surface area contributed by atoms with E-state index in [9.17, 15) is 33.6 Å². The average molecular weight is 869 g/mol. The SMILES string of the molecule is CCOC(=O)CCc1ccc(-c2ccc(C[C@@H]3NC(=O)[C@]4(Cc5ccccc5)CCCN(C4)C(=O)/C=C/C(=O)NCC[C@@H](C(N)=O)NC(=O)Cc4ccccc4CNC3=O)cc2)cc1. The number of aryl methyl sites for hydroxylation is 1. The van der Waals surface area contributed by atoms with Gasteiger partial charge in [0.15, 0.2) is 0 Å². The van der Waals surface area contributed by atoms with Crippen LogP contribution in [0.25, 0.3) is 11.1 Å². The maximum atomic E-state index is 14.9. The predicted octanol–water partition coefficient (Wildman–Crippen LogP) is 3.63. The predicted molar refractivity (Wildman–Crippen MR) is 241 cm³/mol. The standard InChI is InChI=1S/C50H56N6O8/c1-2-64-46(60)24-17-34-13-18-37(19-14-34)38-20-15-35(16-21-38)29-42-48(62)53-32-40-12-7-6-11-39(40)30-44(58)54-41(47(51)61)25-27-52-43(57)22-23-45(59)56-28-8-26-50(33-56,49(63)55-42)31-36-9-4-3-5-10-36/h3-7,9-16,18-23,41-42H,2,8,17,24-33H2,1H3,(H2,51,61)(H,52,57)(H,53,62)(H,54,58)(H,55,63)/b23-22+/t41-,42-,50-/m0/s1. The Morgan fingerprint density at radius 3 is 2.14 bits per heavy atom. The fraction of sp³-hybridized carbons (Fsp3) is 0.340. The van der Waals surface area contributed by atoms with Gasteiger partial charge in [-0.15, -0.1) is 0 Å². The van der Waals surface area contributed by atoms with Gasteiger partial charge < -0.3 is 36.6 Å². The van der Waals surface area contributed by atoms with Crippen LogP contribution in [0.4, 0.5) is 0 Å². The Balaban J connectivity index is 1.29. The minimum atomic E-state index is -1.11. The number of amides is 6. The molecule has 2 aliphatic rings. The zero-order valence-electron chi connectivity index (χ0n) is 36.1. The molecule has 6 N–H and O–H groups in total. The fourth-order valence-corrected chi connectivity index (χ4v) is 8.21. The molecule has 4 aromatic rings. The van der Waals surface area contributed by atoms with E-state index in [1.165, 1.54) is 0 Å². The van der Waals surface area contributed by atoms with Gasteiger partial charge in [0.05, 0.1) is 18.4 Å². The number of primary amides is 1. The first kappa shape index (κ1) is 46.4. The van der Waals surface area contributed by atoms with Crippen LogP contribution in [0.2, 0.25) is 0 Å². The summed E-state index contributed by atoms with van der Waals surface area (Å²) in [4.78, 5) is 94.5. The van der Waals surface area contributed by atoms with E-state index < -0.39 is 47.0 Å². The lowest BCUT2D eigenvalue weighted by Crippen LogP contribution is -2.58. The first-order valence-electron chi connectivity index (χ1n) is 21.8. The van der Waals surface area contributed by atoms with Crippen molar-refractivity contribution in [3.8, 4) is 11.1 Å². The highest BCUT2D eigenvalue weighted by atomic mass is 16.5. The van der Waals surface area contributed by atoms with Crippen LogP contribution in [0.5, 0.6) is 0 Å². The molecule has 0 radical (unpaired) electrons. The van der Waals surface area contributed by atoms with Crippen LogP contribution in [0.15, 0.2) is 115 Å². The zero-order valence-corrected chi connectivity index (χ0v) is 36.1. The largest absolute Gasteiger partial charge is 0.466 e. The molecule has 3 atom stereocenters. The summed E-state index contributed by atoms with van der Waals surface area (Å²) in [5, 5.41) is 11.4. The van der Waals surface area contributed by atoms with Gasteiger partial charge in [0.25, 0.3) is 0 Å². The molecule has 14 heteroatoms. The van der Waals surface area contributed by atoms with Gasteiger partial charge in [-0.2, -0.15) is 0 Å². The Morgan fingerprint density at radius 1 is 0.781 bits per heavy atom. The molecule has 0 spiro atoms. The van der Waals surface area contributed by atoms with E-state index in [0.717, 1.165) is 40.0 Å².